The summed E-state index contributed by atoms with van der Waals surface area (Å²) in [5.41, 5.74) is 2.24. The summed E-state index contributed by atoms with van der Waals surface area (Å²) >= 11 is 9.54. The van der Waals surface area contributed by atoms with Gasteiger partial charge in [-0.05, 0) is 65.7 Å². The van der Waals surface area contributed by atoms with E-state index in [2.05, 4.69) is 27.4 Å². The van der Waals surface area contributed by atoms with Gasteiger partial charge < -0.3 is 18.8 Å². The first-order valence-corrected chi connectivity index (χ1v) is 11.1. The molecular weight excluding hydrogens is 470 g/mol. The zero-order valence-electron chi connectivity index (χ0n) is 17.3. The van der Waals surface area contributed by atoms with E-state index in [0.717, 1.165) is 40.5 Å². The molecule has 5 nitrogen and oxygen atoms in total. The minimum atomic E-state index is -0.364. The Balaban J connectivity index is 2.15. The summed E-state index contributed by atoms with van der Waals surface area (Å²) in [5, 5.41) is 1.43. The summed E-state index contributed by atoms with van der Waals surface area (Å²) in [4.78, 5) is 12.9. The number of halogens is 2. The molecule has 1 heterocycles. The van der Waals surface area contributed by atoms with E-state index in [1.54, 1.807) is 26.2 Å². The number of rotatable bonds is 9. The van der Waals surface area contributed by atoms with E-state index < -0.39 is 0 Å². The molecule has 0 bridgehead atoms. The van der Waals surface area contributed by atoms with Crippen molar-refractivity contribution in [2.75, 3.05) is 13.7 Å². The van der Waals surface area contributed by atoms with Gasteiger partial charge in [-0.1, -0.05) is 24.9 Å². The SMILES string of the molecule is CCCCn1c(COc2ccc(Cl)cc2)c(C(=O)OCC)c2cc(OC)c(Br)cc21. The molecule has 0 amide bonds. The lowest BCUT2D eigenvalue weighted by Gasteiger charge is -2.13. The van der Waals surface area contributed by atoms with Crippen LogP contribution < -0.4 is 9.47 Å². The quantitative estimate of drug-likeness (QED) is 0.314. The van der Waals surface area contributed by atoms with Crippen LogP contribution in [0.2, 0.25) is 5.02 Å². The Morgan fingerprint density at radius 2 is 1.90 bits per heavy atom. The molecule has 7 heteroatoms. The van der Waals surface area contributed by atoms with E-state index in [4.69, 9.17) is 25.8 Å². The molecule has 0 aliphatic heterocycles. The summed E-state index contributed by atoms with van der Waals surface area (Å²) in [7, 11) is 1.61. The van der Waals surface area contributed by atoms with Gasteiger partial charge in [0, 0.05) is 17.0 Å². The Morgan fingerprint density at radius 1 is 1.17 bits per heavy atom. The maximum absolute atomic E-state index is 12.9. The van der Waals surface area contributed by atoms with Crippen molar-refractivity contribution in [2.45, 2.75) is 39.8 Å². The van der Waals surface area contributed by atoms with E-state index in [1.807, 2.05) is 24.3 Å². The van der Waals surface area contributed by atoms with Gasteiger partial charge in [-0.25, -0.2) is 4.79 Å². The van der Waals surface area contributed by atoms with Crippen LogP contribution >= 0.6 is 27.5 Å². The van der Waals surface area contributed by atoms with Crippen LogP contribution in [0.3, 0.4) is 0 Å². The molecule has 0 fully saturated rings. The van der Waals surface area contributed by atoms with Gasteiger partial charge in [0.05, 0.1) is 35.0 Å². The second kappa shape index (κ2) is 10.2. The molecule has 0 unspecified atom stereocenters. The molecule has 0 aliphatic carbocycles. The third-order valence-electron chi connectivity index (χ3n) is 4.85. The molecule has 1 aromatic heterocycles. The maximum Gasteiger partial charge on any atom is 0.340 e. The zero-order valence-corrected chi connectivity index (χ0v) is 19.7. The molecule has 160 valence electrons. The number of nitrogens with zero attached hydrogens (tertiary/aromatic N) is 1. The van der Waals surface area contributed by atoms with Crippen LogP contribution in [0.1, 0.15) is 42.7 Å². The highest BCUT2D eigenvalue weighted by Crippen LogP contribution is 2.36. The van der Waals surface area contributed by atoms with Crippen molar-refractivity contribution in [2.24, 2.45) is 0 Å². The van der Waals surface area contributed by atoms with Crippen LogP contribution in [0.15, 0.2) is 40.9 Å². The number of unbranched alkanes of at least 4 members (excludes halogenated alkanes) is 1. The summed E-state index contributed by atoms with van der Waals surface area (Å²) < 4.78 is 19.8. The molecule has 0 saturated heterocycles. The number of methoxy groups -OCH3 is 1. The second-order valence-electron chi connectivity index (χ2n) is 6.79. The molecule has 0 atom stereocenters. The molecule has 3 aromatic rings. The van der Waals surface area contributed by atoms with Crippen LogP contribution in [0, 0.1) is 0 Å². The number of aryl methyl sites for hydroxylation is 1. The van der Waals surface area contributed by atoms with E-state index in [0.29, 0.717) is 28.7 Å². The number of esters is 1. The number of ether oxygens (including phenoxy) is 3. The van der Waals surface area contributed by atoms with Crippen molar-refractivity contribution in [1.82, 2.24) is 4.57 Å². The smallest absolute Gasteiger partial charge is 0.340 e. The van der Waals surface area contributed by atoms with Crippen LogP contribution in [-0.4, -0.2) is 24.3 Å². The lowest BCUT2D eigenvalue weighted by atomic mass is 10.1. The summed E-state index contributed by atoms with van der Waals surface area (Å²) in [5.74, 6) is 0.975. The number of hydrogen-bond acceptors (Lipinski definition) is 4. The molecule has 0 N–H and O–H groups in total. The van der Waals surface area contributed by atoms with Gasteiger partial charge in [-0.3, -0.25) is 0 Å². The maximum atomic E-state index is 12.9. The first kappa shape index (κ1) is 22.5. The normalized spacial score (nSPS) is 11.0. The predicted molar refractivity (Wildman–Crippen MR) is 123 cm³/mol. The summed E-state index contributed by atoms with van der Waals surface area (Å²) in [6, 6.07) is 11.0. The number of fused-ring (bicyclic) bond motifs is 1. The van der Waals surface area contributed by atoms with E-state index in [1.165, 1.54) is 0 Å². The predicted octanol–water partition coefficient (Wildman–Crippen LogP) is 6.62. The van der Waals surface area contributed by atoms with Crippen molar-refractivity contribution in [3.05, 3.63) is 57.2 Å². The van der Waals surface area contributed by atoms with E-state index in [-0.39, 0.29) is 12.6 Å². The van der Waals surface area contributed by atoms with Crippen molar-refractivity contribution in [1.29, 1.82) is 0 Å². The van der Waals surface area contributed by atoms with Crippen LogP contribution in [0.25, 0.3) is 10.9 Å². The number of hydrogen-bond donors (Lipinski definition) is 0. The first-order valence-electron chi connectivity index (χ1n) is 9.94. The summed E-state index contributed by atoms with van der Waals surface area (Å²) in [6.07, 6.45) is 2.01. The Hall–Kier alpha value is -2.18. The Kier molecular flexibility index (Phi) is 7.67. The highest BCUT2D eigenvalue weighted by Gasteiger charge is 2.25. The second-order valence-corrected chi connectivity index (χ2v) is 8.08. The lowest BCUT2D eigenvalue weighted by molar-refractivity contribution is 0.0525. The number of carbonyl (C=O) groups excluding carboxylic acids is 1. The van der Waals surface area contributed by atoms with Gasteiger partial charge in [0.2, 0.25) is 0 Å². The largest absolute Gasteiger partial charge is 0.496 e. The summed E-state index contributed by atoms with van der Waals surface area (Å²) in [6.45, 7) is 5.24. The highest BCUT2D eigenvalue weighted by atomic mass is 79.9. The fourth-order valence-electron chi connectivity index (χ4n) is 3.39. The van der Waals surface area contributed by atoms with Gasteiger partial charge in [0.1, 0.15) is 18.1 Å². The number of benzene rings is 2. The number of aromatic nitrogens is 1. The van der Waals surface area contributed by atoms with E-state index >= 15 is 0 Å². The van der Waals surface area contributed by atoms with Crippen molar-refractivity contribution < 1.29 is 19.0 Å². The standard InChI is InChI=1S/C23H25BrClNO4/c1-4-6-11-26-19-13-18(24)21(28-3)12-17(19)22(23(27)29-5-2)20(26)14-30-16-9-7-15(25)8-10-16/h7-10,12-13H,4-6,11,14H2,1-3H3. The molecule has 0 radical (unpaired) electrons. The number of carbonyl (C=O) groups is 1. The van der Waals surface area contributed by atoms with Gasteiger partial charge in [-0.15, -0.1) is 0 Å². The third-order valence-corrected chi connectivity index (χ3v) is 5.72. The molecule has 3 rings (SSSR count). The minimum absolute atomic E-state index is 0.230. The molecule has 0 saturated carbocycles. The molecule has 2 aromatic carbocycles. The molecular formula is C23H25BrClNO4. The average Bonchev–Trinajstić information content (AvgIpc) is 3.03. The van der Waals surface area contributed by atoms with Crippen LogP contribution in [0.5, 0.6) is 11.5 Å². The topological polar surface area (TPSA) is 49.7 Å². The zero-order chi connectivity index (χ0) is 21.7. The van der Waals surface area contributed by atoms with Gasteiger partial charge in [-0.2, -0.15) is 0 Å². The fraction of sp³-hybridized carbons (Fsp3) is 0.348. The van der Waals surface area contributed by atoms with Crippen LogP contribution in [-0.2, 0) is 17.9 Å². The average molecular weight is 495 g/mol. The molecule has 0 spiro atoms. The Morgan fingerprint density at radius 3 is 2.53 bits per heavy atom. The monoisotopic (exact) mass is 493 g/mol. The van der Waals surface area contributed by atoms with E-state index in [9.17, 15) is 4.79 Å². The first-order chi connectivity index (χ1) is 14.5. The highest BCUT2D eigenvalue weighted by molar-refractivity contribution is 9.10. The molecule has 0 aliphatic rings. The van der Waals surface area contributed by atoms with Gasteiger partial charge in [0.25, 0.3) is 0 Å². The Labute approximate surface area is 190 Å². The van der Waals surface area contributed by atoms with Crippen molar-refractivity contribution >= 4 is 44.4 Å². The van der Waals surface area contributed by atoms with Gasteiger partial charge in [0.15, 0.2) is 0 Å². The van der Waals surface area contributed by atoms with Crippen LogP contribution in [0.4, 0.5) is 0 Å². The minimum Gasteiger partial charge on any atom is -0.496 e. The third kappa shape index (κ3) is 4.76. The lowest BCUT2D eigenvalue weighted by Crippen LogP contribution is -2.13. The Bertz CT molecular complexity index is 1030. The fourth-order valence-corrected chi connectivity index (χ4v) is 4.01. The molecule has 30 heavy (non-hydrogen) atoms. The van der Waals surface area contributed by atoms with Crippen molar-refractivity contribution in [3.63, 3.8) is 0 Å². The van der Waals surface area contributed by atoms with Gasteiger partial charge >= 0.3 is 5.97 Å². The van der Waals surface area contributed by atoms with Crippen molar-refractivity contribution in [3.8, 4) is 11.5 Å².